The molecule has 3 nitrogen and oxygen atoms in total. The van der Waals surface area contributed by atoms with Crippen molar-refractivity contribution in [2.45, 2.75) is 25.6 Å². The van der Waals surface area contributed by atoms with Crippen molar-refractivity contribution in [2.24, 2.45) is 5.10 Å². The van der Waals surface area contributed by atoms with Gasteiger partial charge in [-0.1, -0.05) is 69.5 Å². The third kappa shape index (κ3) is 3.11. The maximum Gasteiger partial charge on any atom is 0.213 e. The minimum absolute atomic E-state index is 0.137. The smallest absolute Gasteiger partial charge is 0.213 e. The van der Waals surface area contributed by atoms with Gasteiger partial charge in [-0.05, 0) is 42.8 Å². The molecule has 0 N–H and O–H groups in total. The van der Waals surface area contributed by atoms with Crippen LogP contribution in [0.1, 0.15) is 40.9 Å². The van der Waals surface area contributed by atoms with Gasteiger partial charge in [0.15, 0.2) is 0 Å². The first-order valence-corrected chi connectivity index (χ1v) is 10.4. The van der Waals surface area contributed by atoms with Crippen LogP contribution in [0, 0.1) is 6.92 Å². The van der Waals surface area contributed by atoms with E-state index in [0.29, 0.717) is 0 Å². The molecule has 5 heteroatoms. The molecular formula is C23H18BrClN2O. The van der Waals surface area contributed by atoms with E-state index in [1.165, 1.54) is 5.56 Å². The molecule has 0 radical (unpaired) electrons. The number of fused-ring (bicyclic) bond motifs is 3. The van der Waals surface area contributed by atoms with E-state index in [0.717, 1.165) is 44.1 Å². The summed E-state index contributed by atoms with van der Waals surface area (Å²) in [5.74, 6) is 0.919. The molecule has 3 aromatic rings. The highest BCUT2D eigenvalue weighted by Crippen LogP contribution is 2.48. The topological polar surface area (TPSA) is 24.8 Å². The zero-order chi connectivity index (χ0) is 19.3. The molecule has 5 rings (SSSR count). The summed E-state index contributed by atoms with van der Waals surface area (Å²) in [5, 5.41) is 7.82. The van der Waals surface area contributed by atoms with E-state index in [-0.39, 0.29) is 12.3 Å². The van der Waals surface area contributed by atoms with Gasteiger partial charge in [0.05, 0.1) is 11.8 Å². The molecule has 3 aromatic carbocycles. The van der Waals surface area contributed by atoms with Gasteiger partial charge in [0.25, 0.3) is 0 Å². The number of hydrazone groups is 1. The molecule has 2 heterocycles. The number of benzene rings is 3. The predicted octanol–water partition coefficient (Wildman–Crippen LogP) is 6.65. The van der Waals surface area contributed by atoms with Gasteiger partial charge in [0.2, 0.25) is 6.23 Å². The molecule has 2 atom stereocenters. The van der Waals surface area contributed by atoms with Gasteiger partial charge in [-0.15, -0.1) is 0 Å². The lowest BCUT2D eigenvalue weighted by Crippen LogP contribution is -2.33. The van der Waals surface area contributed by atoms with Gasteiger partial charge in [-0.3, -0.25) is 0 Å². The molecule has 0 unspecified atom stereocenters. The van der Waals surface area contributed by atoms with E-state index >= 15 is 0 Å². The SMILES string of the molecule is Cc1ccc([C@H]2Oc3ccc(Br)cc3[C@@H]3CC(c4ccc(Cl)cc4)=NN23)cc1. The van der Waals surface area contributed by atoms with E-state index in [4.69, 9.17) is 21.4 Å². The van der Waals surface area contributed by atoms with Crippen LogP contribution in [-0.4, -0.2) is 10.7 Å². The van der Waals surface area contributed by atoms with Crippen molar-refractivity contribution in [1.82, 2.24) is 5.01 Å². The second-order valence-electron chi connectivity index (χ2n) is 7.22. The zero-order valence-electron chi connectivity index (χ0n) is 15.3. The van der Waals surface area contributed by atoms with E-state index in [1.54, 1.807) is 0 Å². The third-order valence-electron chi connectivity index (χ3n) is 5.29. The van der Waals surface area contributed by atoms with E-state index < -0.39 is 0 Å². The Balaban J connectivity index is 1.59. The van der Waals surface area contributed by atoms with Crippen LogP contribution in [-0.2, 0) is 0 Å². The van der Waals surface area contributed by atoms with Crippen molar-refractivity contribution in [2.75, 3.05) is 0 Å². The molecular weight excluding hydrogens is 436 g/mol. The van der Waals surface area contributed by atoms with Crippen LogP contribution < -0.4 is 4.74 Å². The molecule has 0 saturated carbocycles. The molecule has 0 aromatic heterocycles. The maximum atomic E-state index is 6.41. The Bertz CT molecular complexity index is 1060. The second kappa shape index (κ2) is 6.94. The fourth-order valence-corrected chi connectivity index (χ4v) is 4.33. The highest BCUT2D eigenvalue weighted by atomic mass is 79.9. The van der Waals surface area contributed by atoms with Crippen molar-refractivity contribution in [3.63, 3.8) is 0 Å². The lowest BCUT2D eigenvalue weighted by Gasteiger charge is -2.38. The predicted molar refractivity (Wildman–Crippen MR) is 116 cm³/mol. The van der Waals surface area contributed by atoms with Crippen molar-refractivity contribution in [1.29, 1.82) is 0 Å². The minimum Gasteiger partial charge on any atom is -0.464 e. The fraction of sp³-hybridized carbons (Fsp3) is 0.174. The van der Waals surface area contributed by atoms with Gasteiger partial charge in [0.1, 0.15) is 5.75 Å². The molecule has 0 bridgehead atoms. The molecule has 2 aliphatic rings. The number of hydrogen-bond donors (Lipinski definition) is 0. The standard InChI is InChI=1S/C23H18BrClN2O/c1-14-2-4-16(5-3-14)23-27-21(19-12-17(24)8-11-22(19)28-23)13-20(26-27)15-6-9-18(25)10-7-15/h2-12,21,23H,13H2,1H3/t21-,23+/m0/s1. The Labute approximate surface area is 177 Å². The van der Waals surface area contributed by atoms with E-state index in [1.807, 2.05) is 36.4 Å². The monoisotopic (exact) mass is 452 g/mol. The molecule has 0 saturated heterocycles. The zero-order valence-corrected chi connectivity index (χ0v) is 17.6. The number of halogens is 2. The number of ether oxygens (including phenoxy) is 1. The Hall–Kier alpha value is -2.30. The highest BCUT2D eigenvalue weighted by molar-refractivity contribution is 9.10. The summed E-state index contributed by atoms with van der Waals surface area (Å²) in [6, 6.07) is 22.7. The van der Waals surface area contributed by atoms with Crippen LogP contribution in [0.3, 0.4) is 0 Å². The highest BCUT2D eigenvalue weighted by Gasteiger charge is 2.41. The first-order chi connectivity index (χ1) is 13.6. The number of nitrogens with zero attached hydrogens (tertiary/aromatic N) is 2. The van der Waals surface area contributed by atoms with Crippen molar-refractivity contribution in [3.8, 4) is 5.75 Å². The Kier molecular flexibility index (Phi) is 4.41. The Morgan fingerprint density at radius 3 is 2.54 bits per heavy atom. The largest absolute Gasteiger partial charge is 0.464 e. The van der Waals surface area contributed by atoms with Gasteiger partial charge < -0.3 is 4.74 Å². The summed E-state index contributed by atoms with van der Waals surface area (Å²) in [7, 11) is 0. The van der Waals surface area contributed by atoms with Crippen LogP contribution in [0.25, 0.3) is 0 Å². The first kappa shape index (κ1) is 17.8. The molecule has 28 heavy (non-hydrogen) atoms. The van der Waals surface area contributed by atoms with Crippen molar-refractivity contribution < 1.29 is 4.74 Å². The normalized spacial score (nSPS) is 20.2. The van der Waals surface area contributed by atoms with Crippen molar-refractivity contribution in [3.05, 3.63) is 98.5 Å². The van der Waals surface area contributed by atoms with Crippen LogP contribution in [0.15, 0.2) is 76.3 Å². The summed E-state index contributed by atoms with van der Waals surface area (Å²) in [6.07, 6.45) is 0.584. The lowest BCUT2D eigenvalue weighted by molar-refractivity contribution is -0.0190. The lowest BCUT2D eigenvalue weighted by atomic mass is 9.96. The summed E-state index contributed by atoms with van der Waals surface area (Å²) in [4.78, 5) is 0. The van der Waals surface area contributed by atoms with E-state index in [2.05, 4.69) is 58.2 Å². The summed E-state index contributed by atoms with van der Waals surface area (Å²) >= 11 is 9.66. The van der Waals surface area contributed by atoms with Crippen molar-refractivity contribution >= 4 is 33.2 Å². The molecule has 0 spiro atoms. The van der Waals surface area contributed by atoms with Crippen LogP contribution in [0.5, 0.6) is 5.75 Å². The van der Waals surface area contributed by atoms with Crippen LogP contribution in [0.2, 0.25) is 5.02 Å². The quantitative estimate of drug-likeness (QED) is 0.434. The summed E-state index contributed by atoms with van der Waals surface area (Å²) in [5.41, 5.74) is 5.64. The fourth-order valence-electron chi connectivity index (χ4n) is 3.83. The minimum atomic E-state index is -0.246. The second-order valence-corrected chi connectivity index (χ2v) is 8.57. The molecule has 0 fully saturated rings. The molecule has 2 aliphatic heterocycles. The molecule has 0 aliphatic carbocycles. The first-order valence-electron chi connectivity index (χ1n) is 9.23. The number of rotatable bonds is 2. The Morgan fingerprint density at radius 1 is 1.04 bits per heavy atom. The number of hydrogen-bond acceptors (Lipinski definition) is 3. The van der Waals surface area contributed by atoms with Gasteiger partial charge in [-0.2, -0.15) is 5.10 Å². The average molecular weight is 454 g/mol. The van der Waals surface area contributed by atoms with Gasteiger partial charge in [-0.25, -0.2) is 5.01 Å². The van der Waals surface area contributed by atoms with Gasteiger partial charge >= 0.3 is 0 Å². The van der Waals surface area contributed by atoms with Gasteiger partial charge in [0, 0.05) is 27.0 Å². The third-order valence-corrected chi connectivity index (χ3v) is 6.04. The summed E-state index contributed by atoms with van der Waals surface area (Å²) in [6.45, 7) is 2.09. The maximum absolute atomic E-state index is 6.41. The van der Waals surface area contributed by atoms with Crippen LogP contribution in [0.4, 0.5) is 0 Å². The molecule has 0 amide bonds. The average Bonchev–Trinajstić information content (AvgIpc) is 3.14. The summed E-state index contributed by atoms with van der Waals surface area (Å²) < 4.78 is 7.45. The Morgan fingerprint density at radius 2 is 1.79 bits per heavy atom. The molecule has 140 valence electrons. The van der Waals surface area contributed by atoms with Crippen LogP contribution >= 0.6 is 27.5 Å². The van der Waals surface area contributed by atoms with E-state index in [9.17, 15) is 0 Å². The number of aryl methyl sites for hydroxylation is 1.